The molecule has 1 heterocycles. The van der Waals surface area contributed by atoms with Gasteiger partial charge in [0.25, 0.3) is 5.24 Å². The standard InChI is InChI=1S/C12H10ClNO4/c1-16-7-3-4-8(10(5-7)17-2)9-6-11(12(13)15)18-14-9/h3-6H,1-2H3. The fourth-order valence-electron chi connectivity index (χ4n) is 1.50. The molecule has 18 heavy (non-hydrogen) atoms. The third kappa shape index (κ3) is 2.31. The van der Waals surface area contributed by atoms with Crippen LogP contribution in [0.25, 0.3) is 11.3 Å². The largest absolute Gasteiger partial charge is 0.497 e. The summed E-state index contributed by atoms with van der Waals surface area (Å²) in [4.78, 5) is 10.9. The van der Waals surface area contributed by atoms with Crippen molar-refractivity contribution < 1.29 is 18.8 Å². The molecule has 0 aliphatic carbocycles. The number of halogens is 1. The predicted molar refractivity (Wildman–Crippen MR) is 65.2 cm³/mol. The Labute approximate surface area is 108 Å². The molecule has 2 aromatic rings. The summed E-state index contributed by atoms with van der Waals surface area (Å²) in [6.07, 6.45) is 0. The van der Waals surface area contributed by atoms with E-state index in [1.54, 1.807) is 25.3 Å². The summed E-state index contributed by atoms with van der Waals surface area (Å²) in [5, 5.41) is 3.08. The number of carbonyl (C=O) groups is 1. The summed E-state index contributed by atoms with van der Waals surface area (Å²) in [6.45, 7) is 0. The van der Waals surface area contributed by atoms with E-state index in [4.69, 9.17) is 25.6 Å². The van der Waals surface area contributed by atoms with Crippen molar-refractivity contribution in [1.29, 1.82) is 0 Å². The van der Waals surface area contributed by atoms with E-state index < -0.39 is 5.24 Å². The maximum Gasteiger partial charge on any atom is 0.290 e. The van der Waals surface area contributed by atoms with E-state index in [0.717, 1.165) is 0 Å². The van der Waals surface area contributed by atoms with Crippen molar-refractivity contribution in [2.24, 2.45) is 0 Å². The Kier molecular flexibility index (Phi) is 3.53. The van der Waals surface area contributed by atoms with Crippen molar-refractivity contribution in [2.45, 2.75) is 0 Å². The molecule has 2 rings (SSSR count). The van der Waals surface area contributed by atoms with Crippen molar-refractivity contribution in [3.05, 3.63) is 30.0 Å². The van der Waals surface area contributed by atoms with Crippen molar-refractivity contribution >= 4 is 16.8 Å². The quantitative estimate of drug-likeness (QED) is 0.797. The van der Waals surface area contributed by atoms with Crippen LogP contribution in [0.4, 0.5) is 0 Å². The van der Waals surface area contributed by atoms with Crippen LogP contribution >= 0.6 is 11.6 Å². The summed E-state index contributed by atoms with van der Waals surface area (Å²) in [5.41, 5.74) is 1.16. The fraction of sp³-hybridized carbons (Fsp3) is 0.167. The summed E-state index contributed by atoms with van der Waals surface area (Å²) in [5.74, 6) is 1.22. The average molecular weight is 268 g/mol. The number of carbonyl (C=O) groups excluding carboxylic acids is 1. The van der Waals surface area contributed by atoms with Crippen LogP contribution in [-0.4, -0.2) is 24.6 Å². The van der Waals surface area contributed by atoms with Gasteiger partial charge in [-0.3, -0.25) is 4.79 Å². The maximum absolute atomic E-state index is 10.9. The molecule has 0 radical (unpaired) electrons. The van der Waals surface area contributed by atoms with E-state index in [1.165, 1.54) is 13.2 Å². The zero-order valence-corrected chi connectivity index (χ0v) is 10.5. The number of rotatable bonds is 4. The van der Waals surface area contributed by atoms with Crippen LogP contribution in [0.15, 0.2) is 28.8 Å². The van der Waals surface area contributed by atoms with Gasteiger partial charge in [-0.2, -0.15) is 0 Å². The monoisotopic (exact) mass is 267 g/mol. The summed E-state index contributed by atoms with van der Waals surface area (Å²) >= 11 is 5.30. The van der Waals surface area contributed by atoms with Gasteiger partial charge in [-0.1, -0.05) is 5.16 Å². The molecule has 1 aromatic carbocycles. The SMILES string of the molecule is COc1ccc(-c2cc(C(=O)Cl)on2)c(OC)c1. The highest BCUT2D eigenvalue weighted by Gasteiger charge is 2.15. The minimum Gasteiger partial charge on any atom is -0.497 e. The zero-order chi connectivity index (χ0) is 13.1. The Bertz CT molecular complexity index is 579. The molecule has 0 spiro atoms. The molecule has 6 heteroatoms. The Hall–Kier alpha value is -2.01. The topological polar surface area (TPSA) is 61.6 Å². The first-order chi connectivity index (χ1) is 8.65. The van der Waals surface area contributed by atoms with E-state index >= 15 is 0 Å². The molecule has 0 saturated heterocycles. The van der Waals surface area contributed by atoms with E-state index in [-0.39, 0.29) is 5.76 Å². The van der Waals surface area contributed by atoms with Gasteiger partial charge in [0.15, 0.2) is 0 Å². The van der Waals surface area contributed by atoms with E-state index in [0.29, 0.717) is 22.8 Å². The summed E-state index contributed by atoms with van der Waals surface area (Å²) in [7, 11) is 3.10. The summed E-state index contributed by atoms with van der Waals surface area (Å²) < 4.78 is 15.1. The highest BCUT2D eigenvalue weighted by atomic mass is 35.5. The number of nitrogens with zero attached hydrogens (tertiary/aromatic N) is 1. The lowest BCUT2D eigenvalue weighted by molar-refractivity contribution is 0.104. The fourth-order valence-corrected chi connectivity index (χ4v) is 1.59. The van der Waals surface area contributed by atoms with E-state index in [9.17, 15) is 4.79 Å². The number of methoxy groups -OCH3 is 2. The van der Waals surface area contributed by atoms with E-state index in [2.05, 4.69) is 5.16 Å². The van der Waals surface area contributed by atoms with Crippen LogP contribution in [0.3, 0.4) is 0 Å². The van der Waals surface area contributed by atoms with Gasteiger partial charge in [0.2, 0.25) is 5.76 Å². The van der Waals surface area contributed by atoms with Gasteiger partial charge in [-0.25, -0.2) is 0 Å². The number of benzene rings is 1. The van der Waals surface area contributed by atoms with Gasteiger partial charge in [-0.05, 0) is 23.7 Å². The molecule has 1 aromatic heterocycles. The first-order valence-corrected chi connectivity index (χ1v) is 5.42. The minimum atomic E-state index is -0.693. The number of hydrogen-bond donors (Lipinski definition) is 0. The third-order valence-corrected chi connectivity index (χ3v) is 2.57. The van der Waals surface area contributed by atoms with Crippen molar-refractivity contribution in [2.75, 3.05) is 14.2 Å². The molecule has 0 saturated carbocycles. The second-order valence-electron chi connectivity index (χ2n) is 3.42. The second kappa shape index (κ2) is 5.10. The molecular formula is C12H10ClNO4. The van der Waals surface area contributed by atoms with Crippen LogP contribution in [-0.2, 0) is 0 Å². The van der Waals surface area contributed by atoms with Gasteiger partial charge in [0, 0.05) is 17.7 Å². The molecule has 0 aliphatic heterocycles. The van der Waals surface area contributed by atoms with Crippen LogP contribution in [0.2, 0.25) is 0 Å². The maximum atomic E-state index is 10.9. The number of aromatic nitrogens is 1. The van der Waals surface area contributed by atoms with Gasteiger partial charge < -0.3 is 14.0 Å². The molecule has 0 unspecified atom stereocenters. The van der Waals surface area contributed by atoms with Gasteiger partial charge in [0.05, 0.1) is 14.2 Å². The van der Waals surface area contributed by atoms with Gasteiger partial charge in [-0.15, -0.1) is 0 Å². The minimum absolute atomic E-state index is 0.00969. The zero-order valence-electron chi connectivity index (χ0n) is 9.77. The van der Waals surface area contributed by atoms with Crippen LogP contribution in [0.1, 0.15) is 10.6 Å². The molecule has 0 N–H and O–H groups in total. The van der Waals surface area contributed by atoms with Crippen molar-refractivity contribution in [1.82, 2.24) is 5.16 Å². The van der Waals surface area contributed by atoms with Crippen LogP contribution in [0, 0.1) is 0 Å². The predicted octanol–water partition coefficient (Wildman–Crippen LogP) is 2.74. The van der Waals surface area contributed by atoms with E-state index in [1.807, 2.05) is 0 Å². The lowest BCUT2D eigenvalue weighted by Crippen LogP contribution is -1.90. The highest BCUT2D eigenvalue weighted by Crippen LogP contribution is 2.32. The van der Waals surface area contributed by atoms with Gasteiger partial charge >= 0.3 is 0 Å². The molecular weight excluding hydrogens is 258 g/mol. The first kappa shape index (κ1) is 12.4. The van der Waals surface area contributed by atoms with Crippen LogP contribution in [0.5, 0.6) is 11.5 Å². The second-order valence-corrected chi connectivity index (χ2v) is 3.76. The van der Waals surface area contributed by atoms with Crippen LogP contribution < -0.4 is 9.47 Å². The third-order valence-electron chi connectivity index (χ3n) is 2.39. The van der Waals surface area contributed by atoms with Crippen molar-refractivity contribution in [3.8, 4) is 22.8 Å². The smallest absolute Gasteiger partial charge is 0.290 e. The molecule has 0 aliphatic rings. The number of hydrogen-bond acceptors (Lipinski definition) is 5. The Morgan fingerprint density at radius 3 is 2.61 bits per heavy atom. The highest BCUT2D eigenvalue weighted by molar-refractivity contribution is 6.67. The van der Waals surface area contributed by atoms with Gasteiger partial charge in [0.1, 0.15) is 17.2 Å². The normalized spacial score (nSPS) is 10.2. The molecule has 5 nitrogen and oxygen atoms in total. The lowest BCUT2D eigenvalue weighted by Gasteiger charge is -2.07. The summed E-state index contributed by atoms with van der Waals surface area (Å²) in [6, 6.07) is 6.69. The molecule has 0 amide bonds. The molecule has 0 atom stereocenters. The molecule has 94 valence electrons. The first-order valence-electron chi connectivity index (χ1n) is 5.04. The number of ether oxygens (including phenoxy) is 2. The molecule has 0 bridgehead atoms. The Morgan fingerprint density at radius 2 is 2.06 bits per heavy atom. The van der Waals surface area contributed by atoms with Crippen molar-refractivity contribution in [3.63, 3.8) is 0 Å². The average Bonchev–Trinajstić information content (AvgIpc) is 2.87. The lowest BCUT2D eigenvalue weighted by atomic mass is 10.1. The molecule has 0 fully saturated rings. The Morgan fingerprint density at radius 1 is 1.28 bits per heavy atom. The Balaban J connectivity index is 2.45.